The van der Waals surface area contributed by atoms with E-state index in [0.29, 0.717) is 6.07 Å². The van der Waals surface area contributed by atoms with Crippen LogP contribution >= 0.6 is 0 Å². The number of carbonyl (C=O) groups is 1. The number of benzene rings is 1. The van der Waals surface area contributed by atoms with Crippen molar-refractivity contribution in [3.8, 4) is 5.75 Å². The zero-order valence-corrected chi connectivity index (χ0v) is 8.80. The summed E-state index contributed by atoms with van der Waals surface area (Å²) in [6, 6.07) is -0.346. The molecule has 1 aromatic rings. The average Bonchev–Trinajstić information content (AvgIpc) is 2.30. The van der Waals surface area contributed by atoms with Gasteiger partial charge < -0.3 is 15.5 Å². The monoisotopic (exact) mass is 249 g/mol. The van der Waals surface area contributed by atoms with Crippen molar-refractivity contribution < 1.29 is 28.2 Å². The van der Waals surface area contributed by atoms with Crippen LogP contribution < -0.4 is 5.32 Å². The standard InChI is InChI=1S/C10H10F3NO3/c1-4(3-15)14-10(17)5-2-6(11)8(13)9(16)7(5)12/h2,4,15-16H,3H2,1H3,(H,14,17). The summed E-state index contributed by atoms with van der Waals surface area (Å²) in [6.45, 7) is 1.03. The summed E-state index contributed by atoms with van der Waals surface area (Å²) < 4.78 is 38.9. The number of rotatable bonds is 3. The van der Waals surface area contributed by atoms with Gasteiger partial charge in [-0.25, -0.2) is 8.78 Å². The first-order valence-corrected chi connectivity index (χ1v) is 4.66. The van der Waals surface area contributed by atoms with E-state index in [-0.39, 0.29) is 0 Å². The van der Waals surface area contributed by atoms with Gasteiger partial charge in [-0.05, 0) is 13.0 Å². The van der Waals surface area contributed by atoms with E-state index < -0.39 is 47.3 Å². The lowest BCUT2D eigenvalue weighted by Crippen LogP contribution is -2.35. The van der Waals surface area contributed by atoms with Crippen LogP contribution in [0.5, 0.6) is 5.75 Å². The maximum absolute atomic E-state index is 13.3. The molecule has 0 heterocycles. The fourth-order valence-electron chi connectivity index (χ4n) is 1.10. The maximum atomic E-state index is 13.3. The molecule has 0 spiro atoms. The molecule has 17 heavy (non-hydrogen) atoms. The Bertz CT molecular complexity index is 451. The molecule has 0 aliphatic heterocycles. The van der Waals surface area contributed by atoms with E-state index in [4.69, 9.17) is 10.2 Å². The van der Waals surface area contributed by atoms with Crippen molar-refractivity contribution >= 4 is 5.91 Å². The number of hydrogen-bond acceptors (Lipinski definition) is 3. The molecule has 0 aliphatic rings. The summed E-state index contributed by atoms with van der Waals surface area (Å²) in [5.74, 6) is -7.45. The third-order valence-electron chi connectivity index (χ3n) is 2.03. The van der Waals surface area contributed by atoms with Crippen LogP contribution in [0.4, 0.5) is 13.2 Å². The van der Waals surface area contributed by atoms with Gasteiger partial charge in [-0.1, -0.05) is 0 Å². The van der Waals surface area contributed by atoms with Crippen LogP contribution in [0.15, 0.2) is 6.07 Å². The highest BCUT2D eigenvalue weighted by Gasteiger charge is 2.22. The number of carbonyl (C=O) groups excluding carboxylic acids is 1. The Labute approximate surface area is 94.7 Å². The van der Waals surface area contributed by atoms with Crippen molar-refractivity contribution in [2.45, 2.75) is 13.0 Å². The van der Waals surface area contributed by atoms with Crippen molar-refractivity contribution in [2.24, 2.45) is 0 Å². The van der Waals surface area contributed by atoms with Crippen molar-refractivity contribution in [3.63, 3.8) is 0 Å². The number of amides is 1. The first kappa shape index (κ1) is 13.3. The minimum absolute atomic E-state index is 0.337. The number of phenols is 1. The van der Waals surface area contributed by atoms with Crippen LogP contribution in [0.1, 0.15) is 17.3 Å². The lowest BCUT2D eigenvalue weighted by Gasteiger charge is -2.12. The molecule has 0 aromatic heterocycles. The number of halogens is 3. The van der Waals surface area contributed by atoms with E-state index in [2.05, 4.69) is 5.32 Å². The number of aromatic hydroxyl groups is 1. The summed E-state index contributed by atoms with van der Waals surface area (Å²) >= 11 is 0. The van der Waals surface area contributed by atoms with Gasteiger partial charge >= 0.3 is 0 Å². The number of phenolic OH excluding ortho intramolecular Hbond substituents is 1. The van der Waals surface area contributed by atoms with Crippen LogP contribution in [0.3, 0.4) is 0 Å². The van der Waals surface area contributed by atoms with Gasteiger partial charge in [0.25, 0.3) is 5.91 Å². The van der Waals surface area contributed by atoms with Gasteiger partial charge in [-0.3, -0.25) is 4.79 Å². The van der Waals surface area contributed by atoms with E-state index in [1.54, 1.807) is 0 Å². The van der Waals surface area contributed by atoms with Gasteiger partial charge in [-0.15, -0.1) is 0 Å². The smallest absolute Gasteiger partial charge is 0.254 e. The molecule has 0 radical (unpaired) electrons. The zero-order chi connectivity index (χ0) is 13.2. The lowest BCUT2D eigenvalue weighted by molar-refractivity contribution is 0.0916. The quantitative estimate of drug-likeness (QED) is 0.698. The molecule has 0 aliphatic carbocycles. The summed E-state index contributed by atoms with van der Waals surface area (Å²) in [6.07, 6.45) is 0. The summed E-state index contributed by atoms with van der Waals surface area (Å²) in [4.78, 5) is 11.4. The second kappa shape index (κ2) is 5.05. The topological polar surface area (TPSA) is 69.6 Å². The van der Waals surface area contributed by atoms with Gasteiger partial charge in [0.05, 0.1) is 12.2 Å². The molecule has 3 N–H and O–H groups in total. The Morgan fingerprint density at radius 2 is 2.00 bits per heavy atom. The van der Waals surface area contributed by atoms with E-state index in [0.717, 1.165) is 0 Å². The molecule has 1 rings (SSSR count). The largest absolute Gasteiger partial charge is 0.503 e. The summed E-state index contributed by atoms with van der Waals surface area (Å²) in [5, 5.41) is 19.7. The molecule has 1 amide bonds. The summed E-state index contributed by atoms with van der Waals surface area (Å²) in [7, 11) is 0. The molecule has 94 valence electrons. The van der Waals surface area contributed by atoms with Crippen LogP contribution in [0.2, 0.25) is 0 Å². The molecule has 1 atom stereocenters. The van der Waals surface area contributed by atoms with Crippen LogP contribution in [0, 0.1) is 17.5 Å². The normalized spacial score (nSPS) is 12.3. The lowest BCUT2D eigenvalue weighted by atomic mass is 10.1. The van der Waals surface area contributed by atoms with Crippen LogP contribution in [-0.2, 0) is 0 Å². The van der Waals surface area contributed by atoms with Crippen molar-refractivity contribution in [1.82, 2.24) is 5.32 Å². The van der Waals surface area contributed by atoms with Crippen molar-refractivity contribution in [2.75, 3.05) is 6.61 Å². The molecule has 0 fully saturated rings. The molecule has 1 unspecified atom stereocenters. The van der Waals surface area contributed by atoms with Gasteiger partial charge in [-0.2, -0.15) is 4.39 Å². The Kier molecular flexibility index (Phi) is 3.95. The zero-order valence-electron chi connectivity index (χ0n) is 8.80. The van der Waals surface area contributed by atoms with Gasteiger partial charge in [0, 0.05) is 6.04 Å². The summed E-state index contributed by atoms with van der Waals surface area (Å²) in [5.41, 5.74) is -0.832. The Balaban J connectivity index is 3.11. The third kappa shape index (κ3) is 2.68. The van der Waals surface area contributed by atoms with E-state index >= 15 is 0 Å². The molecule has 4 nitrogen and oxygen atoms in total. The fraction of sp³-hybridized carbons (Fsp3) is 0.300. The predicted octanol–water partition coefficient (Wildman–Crippen LogP) is 0.920. The molecule has 1 aromatic carbocycles. The Morgan fingerprint density at radius 3 is 2.53 bits per heavy atom. The molecule has 0 bridgehead atoms. The SMILES string of the molecule is CC(CO)NC(=O)c1cc(F)c(F)c(O)c1F. The minimum Gasteiger partial charge on any atom is -0.503 e. The number of hydrogen-bond donors (Lipinski definition) is 3. The molecular weight excluding hydrogens is 239 g/mol. The number of aliphatic hydroxyl groups excluding tert-OH is 1. The fourth-order valence-corrected chi connectivity index (χ4v) is 1.10. The van der Waals surface area contributed by atoms with Gasteiger partial charge in [0.2, 0.25) is 5.82 Å². The third-order valence-corrected chi connectivity index (χ3v) is 2.03. The maximum Gasteiger partial charge on any atom is 0.254 e. The number of aliphatic hydroxyl groups is 1. The highest BCUT2D eigenvalue weighted by atomic mass is 19.2. The van der Waals surface area contributed by atoms with E-state index in [1.807, 2.05) is 0 Å². The van der Waals surface area contributed by atoms with Gasteiger partial charge in [0.1, 0.15) is 0 Å². The Morgan fingerprint density at radius 1 is 1.41 bits per heavy atom. The van der Waals surface area contributed by atoms with Crippen molar-refractivity contribution in [1.29, 1.82) is 0 Å². The molecule has 0 saturated carbocycles. The highest BCUT2D eigenvalue weighted by Crippen LogP contribution is 2.25. The van der Waals surface area contributed by atoms with Crippen LogP contribution in [-0.4, -0.2) is 28.8 Å². The second-order valence-corrected chi connectivity index (χ2v) is 3.44. The van der Waals surface area contributed by atoms with Crippen LogP contribution in [0.25, 0.3) is 0 Å². The first-order chi connectivity index (χ1) is 7.88. The molecule has 0 saturated heterocycles. The number of nitrogens with one attached hydrogen (secondary N) is 1. The Hall–Kier alpha value is -1.76. The highest BCUT2D eigenvalue weighted by molar-refractivity contribution is 5.95. The molecular formula is C10H10F3NO3. The predicted molar refractivity (Wildman–Crippen MR) is 52.0 cm³/mol. The average molecular weight is 249 g/mol. The van der Waals surface area contributed by atoms with E-state index in [1.165, 1.54) is 6.92 Å². The first-order valence-electron chi connectivity index (χ1n) is 4.66. The van der Waals surface area contributed by atoms with Crippen molar-refractivity contribution in [3.05, 3.63) is 29.1 Å². The minimum atomic E-state index is -1.76. The van der Waals surface area contributed by atoms with Gasteiger partial charge in [0.15, 0.2) is 17.4 Å². The van der Waals surface area contributed by atoms with E-state index in [9.17, 15) is 18.0 Å². The molecule has 7 heteroatoms. The second-order valence-electron chi connectivity index (χ2n) is 3.44.